The molecule has 1 N–H and O–H groups in total. The Balaban J connectivity index is 1.74. The molecule has 1 saturated carbocycles. The zero-order chi connectivity index (χ0) is 20.9. The second-order valence-corrected chi connectivity index (χ2v) is 8.32. The molecule has 2 aliphatic heterocycles. The van der Waals surface area contributed by atoms with Gasteiger partial charge in [0.25, 0.3) is 11.8 Å². The maximum atomic E-state index is 14.4. The minimum Gasteiger partial charge on any atom is -0.461 e. The number of fused-ring (bicyclic) bond motifs is 1. The van der Waals surface area contributed by atoms with Crippen LogP contribution in [0.5, 0.6) is 0 Å². The number of amides is 1. The van der Waals surface area contributed by atoms with E-state index in [-0.39, 0.29) is 26.1 Å². The number of carbonyl (C=O) groups excluding carboxylic acids is 2. The third-order valence-corrected chi connectivity index (χ3v) is 5.64. The number of hydrogen-bond acceptors (Lipinski definition) is 5. The summed E-state index contributed by atoms with van der Waals surface area (Å²) >= 11 is 0. The lowest BCUT2D eigenvalue weighted by molar-refractivity contribution is -0.161. The van der Waals surface area contributed by atoms with Gasteiger partial charge in [-0.15, -0.1) is 0 Å². The Hall–Kier alpha value is -1.68. The van der Waals surface area contributed by atoms with Crippen molar-refractivity contribution in [1.82, 2.24) is 15.3 Å². The first-order valence-corrected chi connectivity index (χ1v) is 9.26. The van der Waals surface area contributed by atoms with Crippen molar-refractivity contribution < 1.29 is 31.9 Å². The first kappa shape index (κ1) is 21.0. The van der Waals surface area contributed by atoms with E-state index >= 15 is 0 Å². The van der Waals surface area contributed by atoms with Crippen LogP contribution < -0.4 is 5.32 Å². The van der Waals surface area contributed by atoms with Crippen molar-refractivity contribution in [3.63, 3.8) is 0 Å². The molecule has 1 amide bonds. The number of nitrogens with zero attached hydrogens (tertiary/aromatic N) is 2. The largest absolute Gasteiger partial charge is 0.461 e. The van der Waals surface area contributed by atoms with E-state index in [1.54, 1.807) is 13.8 Å². The SMILES string of the molecule is C=CCOC(=O)C(C)(C)CCN1[C@H]2[C@@H](CN1C(=O)[C@H]1CC1(F)F)NCC2(F)F. The van der Waals surface area contributed by atoms with Gasteiger partial charge in [-0.2, -0.15) is 0 Å². The van der Waals surface area contributed by atoms with Crippen molar-refractivity contribution in [2.75, 3.05) is 26.2 Å². The normalized spacial score (nSPS) is 30.8. The summed E-state index contributed by atoms with van der Waals surface area (Å²) in [5, 5.41) is 4.87. The molecule has 3 aliphatic rings. The Morgan fingerprint density at radius 2 is 1.93 bits per heavy atom. The lowest BCUT2D eigenvalue weighted by Crippen LogP contribution is -2.53. The number of ether oxygens (including phenoxy) is 1. The van der Waals surface area contributed by atoms with Gasteiger partial charge in [0.15, 0.2) is 0 Å². The van der Waals surface area contributed by atoms with E-state index < -0.39 is 60.1 Å². The van der Waals surface area contributed by atoms with Gasteiger partial charge in [0.2, 0.25) is 5.91 Å². The smallest absolute Gasteiger partial charge is 0.311 e. The number of carbonyl (C=O) groups is 2. The Kier molecular flexibility index (Phi) is 5.24. The van der Waals surface area contributed by atoms with E-state index in [1.165, 1.54) is 11.1 Å². The van der Waals surface area contributed by atoms with Crippen LogP contribution in [0.15, 0.2) is 12.7 Å². The molecule has 0 spiro atoms. The zero-order valence-corrected chi connectivity index (χ0v) is 15.9. The minimum absolute atomic E-state index is 0.0278. The van der Waals surface area contributed by atoms with Crippen molar-refractivity contribution in [3.05, 3.63) is 12.7 Å². The van der Waals surface area contributed by atoms with Crippen molar-refractivity contribution in [3.8, 4) is 0 Å². The maximum absolute atomic E-state index is 14.4. The summed E-state index contributed by atoms with van der Waals surface area (Å²) in [6.45, 7) is 6.02. The molecule has 0 unspecified atom stereocenters. The summed E-state index contributed by atoms with van der Waals surface area (Å²) in [6, 6.07) is -2.02. The van der Waals surface area contributed by atoms with Crippen LogP contribution in [0, 0.1) is 11.3 Å². The summed E-state index contributed by atoms with van der Waals surface area (Å²) in [7, 11) is 0. The standard InChI is InChI=1S/C18H25F4N3O3/c1-4-7-28-15(27)16(2,3)5-6-24-13-12(23-10-18(13,21)22)9-25(24)14(26)11-8-17(11,19)20/h4,11-13,23H,1,5-10H2,2-3H3/t11-,12-,13+/m1/s1. The van der Waals surface area contributed by atoms with Crippen molar-refractivity contribution in [2.45, 2.75) is 50.6 Å². The summed E-state index contributed by atoms with van der Waals surface area (Å²) in [5.74, 6) is -9.02. The lowest BCUT2D eigenvalue weighted by atomic mass is 9.89. The number of halogens is 4. The molecule has 3 atom stereocenters. The van der Waals surface area contributed by atoms with Gasteiger partial charge in [0.05, 0.1) is 18.5 Å². The molecule has 28 heavy (non-hydrogen) atoms. The fraction of sp³-hybridized carbons (Fsp3) is 0.778. The number of hydrogen-bond donors (Lipinski definition) is 1. The van der Waals surface area contributed by atoms with Gasteiger partial charge in [0.1, 0.15) is 18.6 Å². The van der Waals surface area contributed by atoms with Crippen LogP contribution in [0.3, 0.4) is 0 Å². The first-order chi connectivity index (χ1) is 12.9. The van der Waals surface area contributed by atoms with Crippen LogP contribution in [-0.4, -0.2) is 72.1 Å². The average Bonchev–Trinajstić information content (AvgIpc) is 2.96. The van der Waals surface area contributed by atoms with Crippen molar-refractivity contribution >= 4 is 11.9 Å². The summed E-state index contributed by atoms with van der Waals surface area (Å²) < 4.78 is 60.6. The van der Waals surface area contributed by atoms with Crippen LogP contribution >= 0.6 is 0 Å². The fourth-order valence-electron chi connectivity index (χ4n) is 3.77. The van der Waals surface area contributed by atoms with Gasteiger partial charge in [-0.3, -0.25) is 14.6 Å². The number of nitrogens with one attached hydrogen (secondary N) is 1. The number of hydrazine groups is 1. The molecule has 10 heteroatoms. The van der Waals surface area contributed by atoms with Crippen molar-refractivity contribution in [2.24, 2.45) is 11.3 Å². The second-order valence-electron chi connectivity index (χ2n) is 8.32. The third-order valence-electron chi connectivity index (χ3n) is 5.64. The highest BCUT2D eigenvalue weighted by molar-refractivity contribution is 5.83. The maximum Gasteiger partial charge on any atom is 0.311 e. The van der Waals surface area contributed by atoms with Crippen LogP contribution in [0.1, 0.15) is 26.7 Å². The molecule has 0 radical (unpaired) electrons. The third kappa shape index (κ3) is 3.76. The molecule has 1 aliphatic carbocycles. The highest BCUT2D eigenvalue weighted by Crippen LogP contribution is 2.50. The van der Waals surface area contributed by atoms with Crippen LogP contribution in [0.2, 0.25) is 0 Å². The van der Waals surface area contributed by atoms with Gasteiger partial charge >= 0.3 is 5.97 Å². The topological polar surface area (TPSA) is 61.9 Å². The highest BCUT2D eigenvalue weighted by atomic mass is 19.3. The van der Waals surface area contributed by atoms with E-state index in [2.05, 4.69) is 11.9 Å². The van der Waals surface area contributed by atoms with Crippen LogP contribution in [0.4, 0.5) is 17.6 Å². The van der Waals surface area contributed by atoms with Gasteiger partial charge in [-0.25, -0.2) is 22.6 Å². The summed E-state index contributed by atoms with van der Waals surface area (Å²) in [5.41, 5.74) is -0.999. The van der Waals surface area contributed by atoms with E-state index in [4.69, 9.17) is 4.74 Å². The molecule has 3 rings (SSSR count). The number of rotatable bonds is 7. The van der Waals surface area contributed by atoms with Gasteiger partial charge in [-0.1, -0.05) is 12.7 Å². The molecule has 2 heterocycles. The molecule has 0 bridgehead atoms. The van der Waals surface area contributed by atoms with Gasteiger partial charge in [-0.05, 0) is 20.3 Å². The minimum atomic E-state index is -3.11. The Morgan fingerprint density at radius 1 is 1.29 bits per heavy atom. The van der Waals surface area contributed by atoms with Gasteiger partial charge < -0.3 is 10.1 Å². The van der Waals surface area contributed by atoms with E-state index in [1.807, 2.05) is 0 Å². The zero-order valence-electron chi connectivity index (χ0n) is 15.9. The molecule has 0 aromatic heterocycles. The molecule has 0 aromatic carbocycles. The molecular weight excluding hydrogens is 382 g/mol. The number of alkyl halides is 4. The number of esters is 1. The quantitative estimate of drug-likeness (QED) is 0.396. The van der Waals surface area contributed by atoms with Crippen molar-refractivity contribution in [1.29, 1.82) is 0 Å². The lowest BCUT2D eigenvalue weighted by Gasteiger charge is -2.36. The van der Waals surface area contributed by atoms with E-state index in [0.29, 0.717) is 0 Å². The molecular formula is C18H25F4N3O3. The molecule has 158 valence electrons. The van der Waals surface area contributed by atoms with E-state index in [9.17, 15) is 27.2 Å². The Labute approximate surface area is 160 Å². The monoisotopic (exact) mass is 407 g/mol. The van der Waals surface area contributed by atoms with Crippen LogP contribution in [-0.2, 0) is 14.3 Å². The fourth-order valence-corrected chi connectivity index (χ4v) is 3.77. The highest BCUT2D eigenvalue weighted by Gasteiger charge is 2.66. The Bertz CT molecular complexity index is 670. The average molecular weight is 407 g/mol. The molecule has 3 fully saturated rings. The second kappa shape index (κ2) is 6.98. The van der Waals surface area contributed by atoms with Gasteiger partial charge in [0, 0.05) is 19.0 Å². The Morgan fingerprint density at radius 3 is 2.50 bits per heavy atom. The predicted molar refractivity (Wildman–Crippen MR) is 91.6 cm³/mol. The summed E-state index contributed by atoms with van der Waals surface area (Å²) in [4.78, 5) is 24.7. The summed E-state index contributed by atoms with van der Waals surface area (Å²) in [6.07, 6.45) is 0.974. The molecule has 6 nitrogen and oxygen atoms in total. The van der Waals surface area contributed by atoms with E-state index in [0.717, 1.165) is 5.01 Å². The predicted octanol–water partition coefficient (Wildman–Crippen LogP) is 1.82. The molecule has 2 saturated heterocycles. The molecule has 0 aromatic rings. The van der Waals surface area contributed by atoms with Crippen LogP contribution in [0.25, 0.3) is 0 Å². The first-order valence-electron chi connectivity index (χ1n) is 9.26.